The lowest BCUT2D eigenvalue weighted by Crippen LogP contribution is -2.38. The lowest BCUT2D eigenvalue weighted by molar-refractivity contribution is 0.274. The molecule has 3 atom stereocenters. The quantitative estimate of drug-likeness (QED) is 0.866. The van der Waals surface area contributed by atoms with E-state index in [1.165, 1.54) is 24.1 Å². The summed E-state index contributed by atoms with van der Waals surface area (Å²) >= 11 is 1.86. The van der Waals surface area contributed by atoms with Gasteiger partial charge in [-0.05, 0) is 44.3 Å². The third-order valence-corrected chi connectivity index (χ3v) is 4.90. The predicted molar refractivity (Wildman–Crippen MR) is 75.6 cm³/mol. The number of nitrogens with one attached hydrogen (secondary N) is 1. The fourth-order valence-corrected chi connectivity index (χ4v) is 3.65. The Morgan fingerprint density at radius 3 is 2.82 bits per heavy atom. The molecule has 0 bridgehead atoms. The standard InChI is InChI=1S/C14H24N2S/c1-11-6-4-7-12(11)15-10-13(16(2)3)14-8-5-9-17-14/h5,8-9,11-13,15H,4,6-7,10H2,1-3H3. The SMILES string of the molecule is CC1CCCC1NCC(c1cccs1)N(C)C. The second-order valence-electron chi connectivity index (χ2n) is 5.42. The van der Waals surface area contributed by atoms with E-state index in [0.717, 1.165) is 18.5 Å². The fourth-order valence-electron chi connectivity index (χ4n) is 2.73. The Morgan fingerprint density at radius 2 is 2.29 bits per heavy atom. The summed E-state index contributed by atoms with van der Waals surface area (Å²) in [6.45, 7) is 3.45. The van der Waals surface area contributed by atoms with Crippen molar-refractivity contribution in [2.45, 2.75) is 38.3 Å². The molecule has 2 rings (SSSR count). The summed E-state index contributed by atoms with van der Waals surface area (Å²) in [7, 11) is 4.34. The average Bonchev–Trinajstić information content (AvgIpc) is 2.91. The van der Waals surface area contributed by atoms with Crippen molar-refractivity contribution in [3.63, 3.8) is 0 Å². The molecule has 1 saturated carbocycles. The van der Waals surface area contributed by atoms with Gasteiger partial charge in [0.15, 0.2) is 0 Å². The Labute approximate surface area is 109 Å². The molecule has 96 valence electrons. The minimum Gasteiger partial charge on any atom is -0.312 e. The zero-order valence-corrected chi connectivity index (χ0v) is 12.0. The van der Waals surface area contributed by atoms with E-state index in [1.807, 2.05) is 11.3 Å². The molecule has 0 aliphatic heterocycles. The third kappa shape index (κ3) is 3.30. The summed E-state index contributed by atoms with van der Waals surface area (Å²) in [6.07, 6.45) is 4.14. The van der Waals surface area contributed by atoms with Gasteiger partial charge in [-0.1, -0.05) is 19.4 Å². The number of rotatable bonds is 5. The topological polar surface area (TPSA) is 15.3 Å². The Balaban J connectivity index is 1.90. The summed E-state index contributed by atoms with van der Waals surface area (Å²) in [5, 5.41) is 5.94. The molecular weight excluding hydrogens is 228 g/mol. The van der Waals surface area contributed by atoms with Gasteiger partial charge in [0.1, 0.15) is 0 Å². The first-order valence-corrected chi connectivity index (χ1v) is 7.49. The number of nitrogens with zero attached hydrogens (tertiary/aromatic N) is 1. The average molecular weight is 252 g/mol. The molecule has 0 saturated heterocycles. The summed E-state index contributed by atoms with van der Waals surface area (Å²) in [6, 6.07) is 5.64. The molecule has 1 N–H and O–H groups in total. The first kappa shape index (κ1) is 13.1. The molecule has 1 heterocycles. The molecule has 1 aliphatic rings. The molecule has 2 nitrogen and oxygen atoms in total. The molecule has 1 aliphatic carbocycles. The van der Waals surface area contributed by atoms with Crippen LogP contribution in [0.5, 0.6) is 0 Å². The normalized spacial score (nSPS) is 26.6. The Hall–Kier alpha value is -0.380. The van der Waals surface area contributed by atoms with Gasteiger partial charge in [0, 0.05) is 17.5 Å². The van der Waals surface area contributed by atoms with Gasteiger partial charge in [0.25, 0.3) is 0 Å². The number of likely N-dealkylation sites (N-methyl/N-ethyl adjacent to an activating group) is 1. The predicted octanol–water partition coefficient (Wildman–Crippen LogP) is 3.13. The lowest BCUT2D eigenvalue weighted by Gasteiger charge is -2.26. The number of thiophene rings is 1. The van der Waals surface area contributed by atoms with Crippen LogP contribution < -0.4 is 5.32 Å². The minimum atomic E-state index is 0.516. The molecule has 17 heavy (non-hydrogen) atoms. The van der Waals surface area contributed by atoms with Crippen LogP contribution in [0.4, 0.5) is 0 Å². The van der Waals surface area contributed by atoms with Crippen molar-refractivity contribution in [3.8, 4) is 0 Å². The highest BCUT2D eigenvalue weighted by molar-refractivity contribution is 7.10. The van der Waals surface area contributed by atoms with Crippen LogP contribution in [0, 0.1) is 5.92 Å². The molecule has 0 radical (unpaired) electrons. The highest BCUT2D eigenvalue weighted by Crippen LogP contribution is 2.27. The summed E-state index contributed by atoms with van der Waals surface area (Å²) in [4.78, 5) is 3.78. The largest absolute Gasteiger partial charge is 0.312 e. The van der Waals surface area contributed by atoms with Crippen molar-refractivity contribution < 1.29 is 0 Å². The van der Waals surface area contributed by atoms with Crippen LogP contribution in [0.15, 0.2) is 17.5 Å². The summed E-state index contributed by atoms with van der Waals surface area (Å²) < 4.78 is 0. The zero-order chi connectivity index (χ0) is 12.3. The third-order valence-electron chi connectivity index (χ3n) is 3.93. The minimum absolute atomic E-state index is 0.516. The van der Waals surface area contributed by atoms with Gasteiger partial charge in [-0.25, -0.2) is 0 Å². The van der Waals surface area contributed by atoms with Crippen molar-refractivity contribution in [1.29, 1.82) is 0 Å². The van der Waals surface area contributed by atoms with Crippen LogP contribution in [0.1, 0.15) is 37.1 Å². The van der Waals surface area contributed by atoms with Crippen molar-refractivity contribution in [1.82, 2.24) is 10.2 Å². The van der Waals surface area contributed by atoms with E-state index in [1.54, 1.807) is 0 Å². The number of hydrogen-bond acceptors (Lipinski definition) is 3. The van der Waals surface area contributed by atoms with E-state index in [0.29, 0.717) is 6.04 Å². The Morgan fingerprint density at radius 1 is 1.47 bits per heavy atom. The van der Waals surface area contributed by atoms with Gasteiger partial charge in [-0.3, -0.25) is 0 Å². The van der Waals surface area contributed by atoms with Gasteiger partial charge >= 0.3 is 0 Å². The smallest absolute Gasteiger partial charge is 0.0561 e. The van der Waals surface area contributed by atoms with E-state index in [4.69, 9.17) is 0 Å². The van der Waals surface area contributed by atoms with Crippen LogP contribution in [0.25, 0.3) is 0 Å². The zero-order valence-electron chi connectivity index (χ0n) is 11.1. The van der Waals surface area contributed by atoms with Gasteiger partial charge in [0.05, 0.1) is 6.04 Å². The van der Waals surface area contributed by atoms with E-state index in [-0.39, 0.29) is 0 Å². The van der Waals surface area contributed by atoms with E-state index in [9.17, 15) is 0 Å². The maximum Gasteiger partial charge on any atom is 0.0561 e. The summed E-state index contributed by atoms with van der Waals surface area (Å²) in [5.74, 6) is 0.848. The van der Waals surface area contributed by atoms with Crippen LogP contribution >= 0.6 is 11.3 Å². The van der Waals surface area contributed by atoms with E-state index < -0.39 is 0 Å². The first-order valence-electron chi connectivity index (χ1n) is 6.61. The molecule has 1 aromatic rings. The van der Waals surface area contributed by atoms with Gasteiger partial charge in [-0.15, -0.1) is 11.3 Å². The van der Waals surface area contributed by atoms with Gasteiger partial charge in [-0.2, -0.15) is 0 Å². The molecular formula is C14H24N2S. The molecule has 1 fully saturated rings. The lowest BCUT2D eigenvalue weighted by atomic mass is 10.1. The van der Waals surface area contributed by atoms with Crippen molar-refractivity contribution in [3.05, 3.63) is 22.4 Å². The second kappa shape index (κ2) is 5.98. The van der Waals surface area contributed by atoms with Gasteiger partial charge < -0.3 is 10.2 Å². The maximum atomic E-state index is 3.77. The Kier molecular flexibility index (Phi) is 4.60. The van der Waals surface area contributed by atoms with Crippen molar-refractivity contribution in [2.75, 3.05) is 20.6 Å². The van der Waals surface area contributed by atoms with E-state index in [2.05, 4.69) is 48.7 Å². The summed E-state index contributed by atoms with van der Waals surface area (Å²) in [5.41, 5.74) is 0. The molecule has 1 aromatic heterocycles. The molecule has 0 spiro atoms. The van der Waals surface area contributed by atoms with Gasteiger partial charge in [0.2, 0.25) is 0 Å². The van der Waals surface area contributed by atoms with Crippen molar-refractivity contribution >= 4 is 11.3 Å². The highest BCUT2D eigenvalue weighted by atomic mass is 32.1. The van der Waals surface area contributed by atoms with Crippen LogP contribution in [-0.4, -0.2) is 31.6 Å². The van der Waals surface area contributed by atoms with Crippen LogP contribution in [0.3, 0.4) is 0 Å². The fraction of sp³-hybridized carbons (Fsp3) is 0.714. The second-order valence-corrected chi connectivity index (χ2v) is 6.40. The first-order chi connectivity index (χ1) is 8.18. The molecule has 3 heteroatoms. The monoisotopic (exact) mass is 252 g/mol. The highest BCUT2D eigenvalue weighted by Gasteiger charge is 2.24. The van der Waals surface area contributed by atoms with Crippen LogP contribution in [-0.2, 0) is 0 Å². The molecule has 0 aromatic carbocycles. The van der Waals surface area contributed by atoms with Crippen LogP contribution in [0.2, 0.25) is 0 Å². The molecule has 3 unspecified atom stereocenters. The Bertz CT molecular complexity index is 321. The van der Waals surface area contributed by atoms with E-state index >= 15 is 0 Å². The molecule has 0 amide bonds. The van der Waals surface area contributed by atoms with Crippen molar-refractivity contribution in [2.24, 2.45) is 5.92 Å². The maximum absolute atomic E-state index is 3.77. The number of hydrogen-bond donors (Lipinski definition) is 1.